The molecule has 6 nitrogen and oxygen atoms in total. The van der Waals surface area contributed by atoms with Crippen LogP contribution in [-0.2, 0) is 11.3 Å². The molecule has 0 spiro atoms. The summed E-state index contributed by atoms with van der Waals surface area (Å²) in [6, 6.07) is 12.3. The first-order chi connectivity index (χ1) is 14.6. The summed E-state index contributed by atoms with van der Waals surface area (Å²) in [5.74, 6) is 0.0720. The molecule has 1 saturated heterocycles. The second kappa shape index (κ2) is 9.47. The van der Waals surface area contributed by atoms with Crippen LogP contribution in [0.25, 0.3) is 16.6 Å². The molecule has 1 N–H and O–H groups in total. The highest BCUT2D eigenvalue weighted by Crippen LogP contribution is 2.17. The molecule has 4 rings (SSSR count). The number of amides is 1. The normalized spacial score (nSPS) is 17.6. The lowest BCUT2D eigenvalue weighted by Gasteiger charge is -2.33. The molecule has 1 atom stereocenters. The van der Waals surface area contributed by atoms with Crippen LogP contribution in [0.1, 0.15) is 45.4 Å². The summed E-state index contributed by atoms with van der Waals surface area (Å²) in [6.45, 7) is 5.81. The standard InChI is InChI=1S/C24H32N4O2/c1-19-9-4-5-15-26(19)16-8-14-25-23(29)13-7-18-28-21-11-3-2-10-20(21)27-17-6-12-22(27)24(28)30/h2-3,6,10-12,17,19H,4-5,7-9,13-16,18H2,1H3,(H,25,29)/t19-/m0/s1. The summed E-state index contributed by atoms with van der Waals surface area (Å²) in [5, 5.41) is 3.04. The average Bonchev–Trinajstić information content (AvgIpc) is 3.25. The lowest BCUT2D eigenvalue weighted by atomic mass is 10.0. The van der Waals surface area contributed by atoms with E-state index in [0.717, 1.165) is 30.5 Å². The summed E-state index contributed by atoms with van der Waals surface area (Å²) < 4.78 is 3.74. The molecular weight excluding hydrogens is 376 g/mol. The van der Waals surface area contributed by atoms with Crippen LogP contribution in [0.5, 0.6) is 0 Å². The van der Waals surface area contributed by atoms with Crippen LogP contribution in [0.3, 0.4) is 0 Å². The Labute approximate surface area is 177 Å². The monoisotopic (exact) mass is 408 g/mol. The molecule has 1 aliphatic heterocycles. The zero-order valence-corrected chi connectivity index (χ0v) is 17.8. The lowest BCUT2D eigenvalue weighted by molar-refractivity contribution is -0.121. The van der Waals surface area contributed by atoms with Crippen molar-refractivity contribution in [2.75, 3.05) is 19.6 Å². The minimum atomic E-state index is -0.00485. The first kappa shape index (κ1) is 20.7. The van der Waals surface area contributed by atoms with Gasteiger partial charge in [-0.25, -0.2) is 0 Å². The van der Waals surface area contributed by atoms with Crippen molar-refractivity contribution in [3.8, 4) is 0 Å². The molecule has 0 bridgehead atoms. The van der Waals surface area contributed by atoms with E-state index in [9.17, 15) is 9.59 Å². The number of nitrogens with one attached hydrogen (secondary N) is 1. The number of aromatic nitrogens is 2. The molecule has 160 valence electrons. The third-order valence-corrected chi connectivity index (χ3v) is 6.32. The van der Waals surface area contributed by atoms with Crippen molar-refractivity contribution in [3.63, 3.8) is 0 Å². The van der Waals surface area contributed by atoms with Gasteiger partial charge in [-0.1, -0.05) is 18.6 Å². The Kier molecular flexibility index (Phi) is 6.53. The number of fused-ring (bicyclic) bond motifs is 3. The predicted octanol–water partition coefficient (Wildman–Crippen LogP) is 3.42. The van der Waals surface area contributed by atoms with Gasteiger partial charge in [0, 0.05) is 38.3 Å². The van der Waals surface area contributed by atoms with Crippen molar-refractivity contribution in [3.05, 3.63) is 52.9 Å². The lowest BCUT2D eigenvalue weighted by Crippen LogP contribution is -2.39. The Morgan fingerprint density at radius 2 is 1.83 bits per heavy atom. The van der Waals surface area contributed by atoms with Gasteiger partial charge in [-0.3, -0.25) is 9.59 Å². The summed E-state index contributed by atoms with van der Waals surface area (Å²) in [5.41, 5.74) is 2.58. The van der Waals surface area contributed by atoms with Crippen LogP contribution in [0.4, 0.5) is 0 Å². The Morgan fingerprint density at radius 3 is 2.67 bits per heavy atom. The van der Waals surface area contributed by atoms with Crippen LogP contribution in [-0.4, -0.2) is 45.5 Å². The SMILES string of the molecule is C[C@H]1CCCCN1CCCNC(=O)CCCn1c(=O)c2cccn2c2ccccc21. The number of benzene rings is 1. The molecule has 1 fully saturated rings. The third-order valence-electron chi connectivity index (χ3n) is 6.32. The first-order valence-corrected chi connectivity index (χ1v) is 11.2. The van der Waals surface area contributed by atoms with Crippen molar-refractivity contribution in [1.82, 2.24) is 19.2 Å². The Morgan fingerprint density at radius 1 is 1.03 bits per heavy atom. The van der Waals surface area contributed by atoms with Gasteiger partial charge in [0.25, 0.3) is 5.56 Å². The van der Waals surface area contributed by atoms with Crippen molar-refractivity contribution in [1.29, 1.82) is 0 Å². The number of nitrogens with zero attached hydrogens (tertiary/aromatic N) is 3. The van der Waals surface area contributed by atoms with Crippen molar-refractivity contribution >= 4 is 22.5 Å². The molecule has 1 amide bonds. The van der Waals surface area contributed by atoms with E-state index < -0.39 is 0 Å². The van der Waals surface area contributed by atoms with E-state index in [2.05, 4.69) is 17.1 Å². The van der Waals surface area contributed by atoms with Crippen LogP contribution >= 0.6 is 0 Å². The second-order valence-corrected chi connectivity index (χ2v) is 8.40. The molecule has 0 saturated carbocycles. The van der Waals surface area contributed by atoms with Gasteiger partial charge in [0.05, 0.1) is 11.0 Å². The van der Waals surface area contributed by atoms with E-state index in [0.29, 0.717) is 30.9 Å². The largest absolute Gasteiger partial charge is 0.356 e. The number of para-hydroxylation sites is 2. The fourth-order valence-electron chi connectivity index (χ4n) is 4.62. The van der Waals surface area contributed by atoms with Crippen molar-refractivity contribution in [2.24, 2.45) is 0 Å². The summed E-state index contributed by atoms with van der Waals surface area (Å²) >= 11 is 0. The van der Waals surface area contributed by atoms with E-state index >= 15 is 0 Å². The Hall–Kier alpha value is -2.60. The topological polar surface area (TPSA) is 58.8 Å². The molecule has 1 aliphatic rings. The maximum atomic E-state index is 12.9. The number of carbonyl (C=O) groups is 1. The van der Waals surface area contributed by atoms with Gasteiger partial charge in [-0.05, 0) is 63.4 Å². The number of likely N-dealkylation sites (tertiary alicyclic amines) is 1. The van der Waals surface area contributed by atoms with E-state index in [-0.39, 0.29) is 11.5 Å². The number of hydrogen-bond donors (Lipinski definition) is 1. The second-order valence-electron chi connectivity index (χ2n) is 8.40. The predicted molar refractivity (Wildman–Crippen MR) is 121 cm³/mol. The molecule has 30 heavy (non-hydrogen) atoms. The van der Waals surface area contributed by atoms with Crippen LogP contribution in [0.2, 0.25) is 0 Å². The Bertz CT molecular complexity index is 1070. The molecule has 0 aliphatic carbocycles. The minimum Gasteiger partial charge on any atom is -0.356 e. The van der Waals surface area contributed by atoms with E-state index in [1.165, 1.54) is 25.8 Å². The van der Waals surface area contributed by atoms with E-state index in [4.69, 9.17) is 0 Å². The Balaban J connectivity index is 1.29. The summed E-state index contributed by atoms with van der Waals surface area (Å²) in [4.78, 5) is 27.7. The first-order valence-electron chi connectivity index (χ1n) is 11.2. The van der Waals surface area contributed by atoms with Gasteiger partial charge in [-0.15, -0.1) is 0 Å². The van der Waals surface area contributed by atoms with Crippen LogP contribution in [0, 0.1) is 0 Å². The van der Waals surface area contributed by atoms with Gasteiger partial charge in [0.15, 0.2) is 0 Å². The zero-order valence-electron chi connectivity index (χ0n) is 17.8. The smallest absolute Gasteiger partial charge is 0.275 e. The molecule has 1 aromatic carbocycles. The summed E-state index contributed by atoms with van der Waals surface area (Å²) in [6.07, 6.45) is 7.91. The van der Waals surface area contributed by atoms with Gasteiger partial charge >= 0.3 is 0 Å². The molecule has 0 unspecified atom stereocenters. The molecule has 3 heterocycles. The van der Waals surface area contributed by atoms with E-state index in [1.54, 1.807) is 4.57 Å². The number of piperidine rings is 1. The molecule has 0 radical (unpaired) electrons. The van der Waals surface area contributed by atoms with Crippen LogP contribution < -0.4 is 10.9 Å². The third kappa shape index (κ3) is 4.43. The molecule has 2 aromatic heterocycles. The highest BCUT2D eigenvalue weighted by molar-refractivity contribution is 5.79. The molecule has 6 heteroatoms. The van der Waals surface area contributed by atoms with Crippen molar-refractivity contribution in [2.45, 2.75) is 58.0 Å². The van der Waals surface area contributed by atoms with Gasteiger partial charge in [0.1, 0.15) is 5.52 Å². The highest BCUT2D eigenvalue weighted by atomic mass is 16.1. The minimum absolute atomic E-state index is 0.00485. The fourth-order valence-corrected chi connectivity index (χ4v) is 4.62. The van der Waals surface area contributed by atoms with Gasteiger partial charge < -0.3 is 19.2 Å². The number of rotatable bonds is 8. The zero-order chi connectivity index (χ0) is 20.9. The fraction of sp³-hybridized carbons (Fsp3) is 0.500. The number of carbonyl (C=O) groups excluding carboxylic acids is 1. The highest BCUT2D eigenvalue weighted by Gasteiger charge is 2.17. The molecular formula is C24H32N4O2. The summed E-state index contributed by atoms with van der Waals surface area (Å²) in [7, 11) is 0. The molecule has 3 aromatic rings. The quantitative estimate of drug-likeness (QED) is 0.581. The van der Waals surface area contributed by atoms with Crippen molar-refractivity contribution < 1.29 is 4.79 Å². The van der Waals surface area contributed by atoms with E-state index in [1.807, 2.05) is 47.0 Å². The van der Waals surface area contributed by atoms with Gasteiger partial charge in [-0.2, -0.15) is 0 Å². The maximum Gasteiger partial charge on any atom is 0.275 e. The average molecular weight is 409 g/mol. The van der Waals surface area contributed by atoms with Gasteiger partial charge in [0.2, 0.25) is 5.91 Å². The number of aryl methyl sites for hydroxylation is 1. The van der Waals surface area contributed by atoms with Crippen LogP contribution in [0.15, 0.2) is 47.4 Å². The number of hydrogen-bond acceptors (Lipinski definition) is 3. The maximum absolute atomic E-state index is 12.9.